The lowest BCUT2D eigenvalue weighted by molar-refractivity contribution is -0.0288. The van der Waals surface area contributed by atoms with Gasteiger partial charge in [-0.05, 0) is 57.2 Å². The Morgan fingerprint density at radius 1 is 1.35 bits per heavy atom. The molecule has 1 aliphatic rings. The normalized spacial score (nSPS) is 23.4. The largest absolute Gasteiger partial charge is 0.378 e. The average molecular weight is 283 g/mol. The molecule has 1 aromatic rings. The molecule has 0 bridgehead atoms. The number of hydrogen-bond donors (Lipinski definition) is 1. The molecule has 20 heavy (non-hydrogen) atoms. The molecule has 1 unspecified atom stereocenters. The molecule has 0 aromatic heterocycles. The summed E-state index contributed by atoms with van der Waals surface area (Å²) in [4.78, 5) is 0. The van der Waals surface area contributed by atoms with E-state index in [9.17, 15) is 8.78 Å². The van der Waals surface area contributed by atoms with Crippen LogP contribution in [0.3, 0.4) is 0 Å². The highest BCUT2D eigenvalue weighted by Gasteiger charge is 2.31. The van der Waals surface area contributed by atoms with Crippen LogP contribution in [0.15, 0.2) is 18.2 Å². The van der Waals surface area contributed by atoms with Gasteiger partial charge in [0.15, 0.2) is 0 Å². The Hall–Kier alpha value is -1.00. The summed E-state index contributed by atoms with van der Waals surface area (Å²) in [7, 11) is 1.89. The summed E-state index contributed by atoms with van der Waals surface area (Å²) in [5, 5.41) is 3.24. The van der Waals surface area contributed by atoms with Crippen LogP contribution in [0.25, 0.3) is 0 Å². The molecule has 1 aromatic carbocycles. The third-order valence-electron chi connectivity index (χ3n) is 4.10. The zero-order chi connectivity index (χ0) is 14.5. The SMILES string of the molecule is CCOC1CC(CC(Cc2ccc(F)cc2F)NC)C1. The van der Waals surface area contributed by atoms with E-state index in [2.05, 4.69) is 5.32 Å². The Kier molecular flexibility index (Phi) is 5.49. The molecule has 1 atom stereocenters. The van der Waals surface area contributed by atoms with Crippen LogP contribution in [0, 0.1) is 17.6 Å². The summed E-state index contributed by atoms with van der Waals surface area (Å²) >= 11 is 0. The molecule has 0 aliphatic heterocycles. The highest BCUT2D eigenvalue weighted by molar-refractivity contribution is 5.19. The van der Waals surface area contributed by atoms with Crippen LogP contribution in [0.5, 0.6) is 0 Å². The summed E-state index contributed by atoms with van der Waals surface area (Å²) in [6, 6.07) is 4.04. The molecule has 0 radical (unpaired) electrons. The quantitative estimate of drug-likeness (QED) is 0.829. The van der Waals surface area contributed by atoms with Crippen molar-refractivity contribution in [2.45, 2.75) is 44.8 Å². The van der Waals surface area contributed by atoms with E-state index < -0.39 is 11.6 Å². The monoisotopic (exact) mass is 283 g/mol. The fourth-order valence-corrected chi connectivity index (χ4v) is 2.90. The van der Waals surface area contributed by atoms with Crippen molar-refractivity contribution in [1.29, 1.82) is 0 Å². The molecule has 2 rings (SSSR count). The molecule has 4 heteroatoms. The molecule has 2 nitrogen and oxygen atoms in total. The predicted molar refractivity (Wildman–Crippen MR) is 75.7 cm³/mol. The van der Waals surface area contributed by atoms with Gasteiger partial charge in [0.05, 0.1) is 6.10 Å². The summed E-state index contributed by atoms with van der Waals surface area (Å²) in [6.07, 6.45) is 4.20. The minimum atomic E-state index is -0.522. The van der Waals surface area contributed by atoms with Crippen molar-refractivity contribution in [3.05, 3.63) is 35.4 Å². The summed E-state index contributed by atoms with van der Waals surface area (Å²) in [5.41, 5.74) is 0.575. The summed E-state index contributed by atoms with van der Waals surface area (Å²) in [6.45, 7) is 2.79. The maximum Gasteiger partial charge on any atom is 0.129 e. The maximum atomic E-state index is 13.7. The van der Waals surface area contributed by atoms with Crippen LogP contribution in [0.1, 0.15) is 31.7 Å². The maximum absolute atomic E-state index is 13.7. The first-order valence-electron chi connectivity index (χ1n) is 7.35. The molecule has 1 N–H and O–H groups in total. The topological polar surface area (TPSA) is 21.3 Å². The second-order valence-corrected chi connectivity index (χ2v) is 5.58. The molecule has 1 fully saturated rings. The number of hydrogen-bond acceptors (Lipinski definition) is 2. The number of nitrogens with one attached hydrogen (secondary N) is 1. The first-order chi connectivity index (χ1) is 9.62. The van der Waals surface area contributed by atoms with Gasteiger partial charge in [0.25, 0.3) is 0 Å². The summed E-state index contributed by atoms with van der Waals surface area (Å²) in [5.74, 6) is -0.329. The van der Waals surface area contributed by atoms with E-state index in [1.807, 2.05) is 14.0 Å². The van der Waals surface area contributed by atoms with Gasteiger partial charge in [-0.25, -0.2) is 8.78 Å². The molecule has 1 saturated carbocycles. The molecule has 0 heterocycles. The Morgan fingerprint density at radius 3 is 2.70 bits per heavy atom. The molecule has 0 saturated heterocycles. The van der Waals surface area contributed by atoms with Crippen molar-refractivity contribution in [3.63, 3.8) is 0 Å². The van der Waals surface area contributed by atoms with Crippen LogP contribution in [0.4, 0.5) is 8.78 Å². The van der Waals surface area contributed by atoms with Crippen molar-refractivity contribution in [2.75, 3.05) is 13.7 Å². The lowest BCUT2D eigenvalue weighted by atomic mass is 9.77. The van der Waals surface area contributed by atoms with Gasteiger partial charge in [-0.15, -0.1) is 0 Å². The second kappa shape index (κ2) is 7.14. The average Bonchev–Trinajstić information content (AvgIpc) is 2.37. The van der Waals surface area contributed by atoms with Crippen LogP contribution in [-0.4, -0.2) is 25.8 Å². The lowest BCUT2D eigenvalue weighted by Gasteiger charge is -2.37. The van der Waals surface area contributed by atoms with E-state index in [1.165, 1.54) is 6.07 Å². The Morgan fingerprint density at radius 2 is 2.10 bits per heavy atom. The molecule has 0 amide bonds. The van der Waals surface area contributed by atoms with Gasteiger partial charge >= 0.3 is 0 Å². The standard InChI is InChI=1S/C16H23F2NO/c1-3-20-15-7-11(8-15)6-14(19-2)9-12-4-5-13(17)10-16(12)18/h4-5,10-11,14-15,19H,3,6-9H2,1-2H3. The fraction of sp³-hybridized carbons (Fsp3) is 0.625. The van der Waals surface area contributed by atoms with Gasteiger partial charge < -0.3 is 10.1 Å². The minimum absolute atomic E-state index is 0.225. The van der Waals surface area contributed by atoms with Crippen LogP contribution in [0.2, 0.25) is 0 Å². The Bertz CT molecular complexity index is 432. The van der Waals surface area contributed by atoms with Crippen molar-refractivity contribution < 1.29 is 13.5 Å². The second-order valence-electron chi connectivity index (χ2n) is 5.58. The number of likely N-dealkylation sites (N-methyl/N-ethyl adjacent to an activating group) is 1. The number of ether oxygens (including phenoxy) is 1. The molecular formula is C16H23F2NO. The van der Waals surface area contributed by atoms with E-state index in [0.717, 1.165) is 31.9 Å². The molecular weight excluding hydrogens is 260 g/mol. The van der Waals surface area contributed by atoms with E-state index in [1.54, 1.807) is 6.07 Å². The van der Waals surface area contributed by atoms with E-state index in [0.29, 0.717) is 24.0 Å². The highest BCUT2D eigenvalue weighted by atomic mass is 19.1. The minimum Gasteiger partial charge on any atom is -0.378 e. The van der Waals surface area contributed by atoms with Gasteiger partial charge in [-0.2, -0.15) is 0 Å². The molecule has 112 valence electrons. The summed E-state index contributed by atoms with van der Waals surface area (Å²) < 4.78 is 32.1. The van der Waals surface area contributed by atoms with Gasteiger partial charge in [-0.1, -0.05) is 6.07 Å². The highest BCUT2D eigenvalue weighted by Crippen LogP contribution is 2.34. The zero-order valence-corrected chi connectivity index (χ0v) is 12.2. The lowest BCUT2D eigenvalue weighted by Crippen LogP contribution is -2.38. The number of halogens is 2. The van der Waals surface area contributed by atoms with Crippen molar-refractivity contribution >= 4 is 0 Å². The van der Waals surface area contributed by atoms with Crippen molar-refractivity contribution in [1.82, 2.24) is 5.32 Å². The van der Waals surface area contributed by atoms with Crippen LogP contribution in [-0.2, 0) is 11.2 Å². The number of rotatable bonds is 7. The Labute approximate surface area is 119 Å². The third kappa shape index (κ3) is 4.00. The van der Waals surface area contributed by atoms with Gasteiger partial charge in [0.1, 0.15) is 11.6 Å². The third-order valence-corrected chi connectivity index (χ3v) is 4.10. The zero-order valence-electron chi connectivity index (χ0n) is 12.2. The van der Waals surface area contributed by atoms with Crippen molar-refractivity contribution in [2.24, 2.45) is 5.92 Å². The molecule has 0 spiro atoms. The molecule has 1 aliphatic carbocycles. The van der Waals surface area contributed by atoms with Gasteiger partial charge in [0.2, 0.25) is 0 Å². The first-order valence-corrected chi connectivity index (χ1v) is 7.35. The van der Waals surface area contributed by atoms with E-state index >= 15 is 0 Å². The van der Waals surface area contributed by atoms with Crippen LogP contribution >= 0.6 is 0 Å². The predicted octanol–water partition coefficient (Wildman–Crippen LogP) is 3.30. The van der Waals surface area contributed by atoms with Gasteiger partial charge in [0, 0.05) is 18.7 Å². The van der Waals surface area contributed by atoms with Crippen LogP contribution < -0.4 is 5.32 Å². The fourth-order valence-electron chi connectivity index (χ4n) is 2.90. The first kappa shape index (κ1) is 15.4. The van der Waals surface area contributed by atoms with E-state index in [-0.39, 0.29) is 6.04 Å². The number of benzene rings is 1. The Balaban J connectivity index is 1.84. The van der Waals surface area contributed by atoms with Crippen molar-refractivity contribution in [3.8, 4) is 0 Å². The van der Waals surface area contributed by atoms with Gasteiger partial charge in [-0.3, -0.25) is 0 Å². The van der Waals surface area contributed by atoms with E-state index in [4.69, 9.17) is 4.74 Å². The smallest absolute Gasteiger partial charge is 0.129 e.